The molecule has 0 saturated heterocycles. The fourth-order valence-corrected chi connectivity index (χ4v) is 4.27. The normalized spacial score (nSPS) is 13.0. The predicted octanol–water partition coefficient (Wildman–Crippen LogP) is 6.36. The lowest BCUT2D eigenvalue weighted by Crippen LogP contribution is -2.25. The topological polar surface area (TPSA) is 53.8 Å². The molecule has 0 spiro atoms. The summed E-state index contributed by atoms with van der Waals surface area (Å²) in [6, 6.07) is 18.5. The first-order valence-electron chi connectivity index (χ1n) is 10.8. The molecule has 1 amide bonds. The van der Waals surface area contributed by atoms with Gasteiger partial charge in [0.25, 0.3) is 0 Å². The van der Waals surface area contributed by atoms with Crippen LogP contribution in [0.25, 0.3) is 0 Å². The summed E-state index contributed by atoms with van der Waals surface area (Å²) in [5.41, 5.74) is 7.76. The zero-order valence-corrected chi connectivity index (χ0v) is 19.8. The minimum atomic E-state index is -0.284. The minimum absolute atomic E-state index is 0.0481. The van der Waals surface area contributed by atoms with Crippen LogP contribution in [0.4, 0.5) is 15.8 Å². The Balaban J connectivity index is 1.51. The number of carbonyl (C=O) groups is 1. The summed E-state index contributed by atoms with van der Waals surface area (Å²) in [5, 5.41) is 3.78. The highest BCUT2D eigenvalue weighted by molar-refractivity contribution is 8.14. The fourth-order valence-electron chi connectivity index (χ4n) is 3.47. The number of aryl methyl sites for hydroxylation is 3. The number of hydrogen-bond acceptors (Lipinski definition) is 4. The largest absolute Gasteiger partial charge is 0.351 e. The number of hydrogen-bond donors (Lipinski definition) is 1. The quantitative estimate of drug-likeness (QED) is 0.483. The molecule has 33 heavy (non-hydrogen) atoms. The summed E-state index contributed by atoms with van der Waals surface area (Å²) in [6.07, 6.45) is 0.480. The molecule has 3 aromatic rings. The predicted molar refractivity (Wildman–Crippen MR) is 136 cm³/mol. The van der Waals surface area contributed by atoms with Crippen molar-refractivity contribution in [2.45, 2.75) is 33.7 Å². The van der Waals surface area contributed by atoms with Crippen molar-refractivity contribution in [2.24, 2.45) is 9.98 Å². The first-order chi connectivity index (χ1) is 15.9. The molecule has 0 unspecified atom stereocenters. The average molecular weight is 460 g/mol. The van der Waals surface area contributed by atoms with Crippen LogP contribution in [0.1, 0.15) is 34.2 Å². The Morgan fingerprint density at radius 3 is 2.24 bits per heavy atom. The van der Waals surface area contributed by atoms with Gasteiger partial charge in [-0.25, -0.2) is 9.38 Å². The second-order valence-corrected chi connectivity index (χ2v) is 9.27. The van der Waals surface area contributed by atoms with Gasteiger partial charge >= 0.3 is 0 Å². The number of halogens is 1. The fraction of sp³-hybridized carbons (Fsp3) is 0.222. The number of fused-ring (bicyclic) bond motifs is 1. The highest BCUT2D eigenvalue weighted by Crippen LogP contribution is 2.36. The maximum atomic E-state index is 13.5. The molecule has 3 aromatic carbocycles. The number of thioether (sulfide) groups is 1. The smallest absolute Gasteiger partial charge is 0.230 e. The van der Waals surface area contributed by atoms with Gasteiger partial charge < -0.3 is 5.32 Å². The Labute approximate surface area is 198 Å². The summed E-state index contributed by atoms with van der Waals surface area (Å²) in [6.45, 7) is 6.63. The molecule has 0 atom stereocenters. The van der Waals surface area contributed by atoms with Crippen molar-refractivity contribution < 1.29 is 9.18 Å². The van der Waals surface area contributed by atoms with Gasteiger partial charge in [0.05, 0.1) is 27.9 Å². The number of nitrogens with zero attached hydrogens (tertiary/aromatic N) is 2. The Bertz CT molecular complexity index is 1230. The maximum Gasteiger partial charge on any atom is 0.230 e. The van der Waals surface area contributed by atoms with Crippen LogP contribution < -0.4 is 5.32 Å². The van der Waals surface area contributed by atoms with Gasteiger partial charge in [-0.1, -0.05) is 42.0 Å². The van der Waals surface area contributed by atoms with Crippen molar-refractivity contribution in [3.63, 3.8) is 0 Å². The van der Waals surface area contributed by atoms with Crippen molar-refractivity contribution in [3.8, 4) is 0 Å². The summed E-state index contributed by atoms with van der Waals surface area (Å²) in [4.78, 5) is 22.2. The molecule has 0 bridgehead atoms. The number of carbonyl (C=O) groups excluding carboxylic acids is 1. The molecule has 6 heteroatoms. The van der Waals surface area contributed by atoms with Crippen molar-refractivity contribution in [3.05, 3.63) is 94.3 Å². The standard InChI is InChI=1S/C27H26FN3OS/c1-17-4-6-20(7-5-17)15-29-26(32)16-33-27-14-23(21-8-10-22(28)11-9-21)30-24-12-18(2)19(3)13-25(24)31-27/h4-13H,14-16H2,1-3H3,(H,29,32). The number of rotatable bonds is 5. The molecule has 1 N–H and O–H groups in total. The van der Waals surface area contributed by atoms with Crippen LogP contribution >= 0.6 is 11.8 Å². The van der Waals surface area contributed by atoms with E-state index in [4.69, 9.17) is 9.98 Å². The van der Waals surface area contributed by atoms with Gasteiger partial charge in [0.1, 0.15) is 5.82 Å². The van der Waals surface area contributed by atoms with Crippen LogP contribution in [0.3, 0.4) is 0 Å². The molecule has 0 aromatic heterocycles. The number of amides is 1. The van der Waals surface area contributed by atoms with Gasteiger partial charge in [0.15, 0.2) is 0 Å². The monoisotopic (exact) mass is 459 g/mol. The highest BCUT2D eigenvalue weighted by atomic mass is 32.2. The van der Waals surface area contributed by atoms with Gasteiger partial charge in [-0.3, -0.25) is 9.79 Å². The van der Waals surface area contributed by atoms with Crippen molar-refractivity contribution in [1.29, 1.82) is 0 Å². The molecule has 1 aliphatic rings. The van der Waals surface area contributed by atoms with E-state index in [1.165, 1.54) is 29.5 Å². The van der Waals surface area contributed by atoms with Gasteiger partial charge in [-0.15, -0.1) is 11.8 Å². The van der Waals surface area contributed by atoms with Gasteiger partial charge in [0, 0.05) is 13.0 Å². The van der Waals surface area contributed by atoms with E-state index < -0.39 is 0 Å². The molecule has 1 aliphatic heterocycles. The first kappa shape index (κ1) is 22.9. The van der Waals surface area contributed by atoms with E-state index in [9.17, 15) is 9.18 Å². The summed E-state index contributed by atoms with van der Waals surface area (Å²) in [5.74, 6) is -0.0665. The summed E-state index contributed by atoms with van der Waals surface area (Å²) < 4.78 is 13.5. The Kier molecular flexibility index (Phi) is 7.04. The molecule has 4 nitrogen and oxygen atoms in total. The Morgan fingerprint density at radius 2 is 1.58 bits per heavy atom. The van der Waals surface area contributed by atoms with E-state index in [2.05, 4.69) is 5.32 Å². The number of aliphatic imine (C=N–C) groups is 2. The zero-order valence-electron chi connectivity index (χ0n) is 19.0. The number of benzene rings is 3. The molecular weight excluding hydrogens is 433 g/mol. The van der Waals surface area contributed by atoms with E-state index in [1.54, 1.807) is 12.1 Å². The van der Waals surface area contributed by atoms with Crippen LogP contribution in [0.2, 0.25) is 0 Å². The summed E-state index contributed by atoms with van der Waals surface area (Å²) in [7, 11) is 0. The molecule has 168 valence electrons. The zero-order chi connectivity index (χ0) is 23.4. The second-order valence-electron chi connectivity index (χ2n) is 8.22. The third-order valence-corrected chi connectivity index (χ3v) is 6.54. The van der Waals surface area contributed by atoms with E-state index in [0.29, 0.717) is 13.0 Å². The van der Waals surface area contributed by atoms with E-state index >= 15 is 0 Å². The minimum Gasteiger partial charge on any atom is -0.351 e. The second kappa shape index (κ2) is 10.1. The van der Waals surface area contributed by atoms with Crippen LogP contribution in [0.15, 0.2) is 70.6 Å². The van der Waals surface area contributed by atoms with Crippen molar-refractivity contribution in [2.75, 3.05) is 5.75 Å². The lowest BCUT2D eigenvalue weighted by Gasteiger charge is -2.09. The molecule has 0 saturated carbocycles. The molecule has 1 heterocycles. The molecule has 4 rings (SSSR count). The highest BCUT2D eigenvalue weighted by Gasteiger charge is 2.17. The summed E-state index contributed by atoms with van der Waals surface area (Å²) >= 11 is 1.41. The third kappa shape index (κ3) is 5.96. The molecule has 0 radical (unpaired) electrons. The van der Waals surface area contributed by atoms with E-state index in [0.717, 1.165) is 44.4 Å². The Morgan fingerprint density at radius 1 is 0.939 bits per heavy atom. The van der Waals surface area contributed by atoms with Crippen LogP contribution in [-0.4, -0.2) is 22.4 Å². The third-order valence-electron chi connectivity index (χ3n) is 5.57. The first-order valence-corrected chi connectivity index (χ1v) is 11.8. The molecular formula is C27H26FN3OS. The van der Waals surface area contributed by atoms with E-state index in [1.807, 2.05) is 57.2 Å². The van der Waals surface area contributed by atoms with E-state index in [-0.39, 0.29) is 17.5 Å². The van der Waals surface area contributed by atoms with Crippen LogP contribution in [-0.2, 0) is 11.3 Å². The van der Waals surface area contributed by atoms with Gasteiger partial charge in [-0.2, -0.15) is 0 Å². The molecule has 0 aliphatic carbocycles. The van der Waals surface area contributed by atoms with Gasteiger partial charge in [-0.05, 0) is 67.3 Å². The SMILES string of the molecule is Cc1ccc(CNC(=O)CSC2=Nc3cc(C)c(C)cc3N=C(c3ccc(F)cc3)C2)cc1. The van der Waals surface area contributed by atoms with Crippen LogP contribution in [0.5, 0.6) is 0 Å². The lowest BCUT2D eigenvalue weighted by molar-refractivity contribution is -0.118. The molecule has 0 fully saturated rings. The van der Waals surface area contributed by atoms with Gasteiger partial charge in [0.2, 0.25) is 5.91 Å². The average Bonchev–Trinajstić information content (AvgIpc) is 2.97. The van der Waals surface area contributed by atoms with Crippen molar-refractivity contribution >= 4 is 39.8 Å². The maximum absolute atomic E-state index is 13.5. The Hall–Kier alpha value is -3.25. The lowest BCUT2D eigenvalue weighted by atomic mass is 10.1. The van der Waals surface area contributed by atoms with Crippen molar-refractivity contribution in [1.82, 2.24) is 5.32 Å². The number of nitrogens with one attached hydrogen (secondary N) is 1. The van der Waals surface area contributed by atoms with Crippen LogP contribution in [0, 0.1) is 26.6 Å².